The van der Waals surface area contributed by atoms with Crippen LogP contribution in [0.3, 0.4) is 0 Å². The number of amides is 1. The molecule has 1 aliphatic heterocycles. The van der Waals surface area contributed by atoms with E-state index >= 15 is 0 Å². The summed E-state index contributed by atoms with van der Waals surface area (Å²) in [6.45, 7) is 9.33. The van der Waals surface area contributed by atoms with Crippen LogP contribution in [0.2, 0.25) is 0 Å². The van der Waals surface area contributed by atoms with Crippen LogP contribution < -0.4 is 0 Å². The van der Waals surface area contributed by atoms with Gasteiger partial charge in [-0.05, 0) is 19.3 Å². The van der Waals surface area contributed by atoms with Crippen LogP contribution >= 0.6 is 0 Å². The first kappa shape index (κ1) is 15.9. The first-order valence-corrected chi connectivity index (χ1v) is 5.73. The molecule has 0 aromatic carbocycles. The van der Waals surface area contributed by atoms with Crippen molar-refractivity contribution in [3.63, 3.8) is 0 Å². The van der Waals surface area contributed by atoms with Crippen LogP contribution in [0.25, 0.3) is 0 Å². The van der Waals surface area contributed by atoms with E-state index in [1.54, 1.807) is 4.90 Å². The molecule has 14 heavy (non-hydrogen) atoms. The van der Waals surface area contributed by atoms with Gasteiger partial charge in [0.15, 0.2) is 0 Å². The van der Waals surface area contributed by atoms with Gasteiger partial charge in [0.25, 0.3) is 0 Å². The summed E-state index contributed by atoms with van der Waals surface area (Å²) in [4.78, 5) is 12.6. The molecule has 1 N–H and O–H groups in total. The molecule has 0 aliphatic carbocycles. The topological polar surface area (TPSA) is 40.5 Å². The van der Waals surface area contributed by atoms with Crippen molar-refractivity contribution in [1.82, 2.24) is 4.90 Å². The first-order valence-electron chi connectivity index (χ1n) is 5.73. The quantitative estimate of drug-likeness (QED) is 0.708. The third kappa shape index (κ3) is 6.89. The molecule has 3 heteroatoms. The summed E-state index contributed by atoms with van der Waals surface area (Å²) in [5.41, 5.74) is 0. The van der Waals surface area contributed by atoms with Crippen LogP contribution in [-0.4, -0.2) is 35.6 Å². The van der Waals surface area contributed by atoms with Crippen molar-refractivity contribution in [3.05, 3.63) is 0 Å². The molecule has 1 aliphatic rings. The summed E-state index contributed by atoms with van der Waals surface area (Å²) in [6, 6.07) is 0. The number of aliphatic hydroxyl groups is 1. The highest BCUT2D eigenvalue weighted by atomic mass is 16.3. The van der Waals surface area contributed by atoms with Crippen molar-refractivity contribution in [1.29, 1.82) is 0 Å². The summed E-state index contributed by atoms with van der Waals surface area (Å²) >= 11 is 0. The molecular formula is C11H25NO2. The van der Waals surface area contributed by atoms with Gasteiger partial charge >= 0.3 is 0 Å². The van der Waals surface area contributed by atoms with E-state index in [0.717, 1.165) is 25.9 Å². The Morgan fingerprint density at radius 2 is 1.50 bits per heavy atom. The lowest BCUT2D eigenvalue weighted by Gasteiger charge is -2.25. The van der Waals surface area contributed by atoms with Crippen molar-refractivity contribution in [2.75, 3.05) is 19.7 Å². The lowest BCUT2D eigenvalue weighted by Crippen LogP contribution is -2.37. The number of nitrogens with zero attached hydrogens (tertiary/aromatic N) is 1. The number of rotatable bonds is 1. The highest BCUT2D eigenvalue weighted by molar-refractivity contribution is 5.77. The summed E-state index contributed by atoms with van der Waals surface area (Å²) in [5.74, 6) is -0.125. The van der Waals surface area contributed by atoms with E-state index < -0.39 is 0 Å². The number of hydrogen-bond acceptors (Lipinski definition) is 2. The number of carbonyl (C=O) groups excluding carboxylic acids is 1. The molecule has 0 unspecified atom stereocenters. The third-order valence-electron chi connectivity index (χ3n) is 1.84. The molecule has 0 bridgehead atoms. The largest absolute Gasteiger partial charge is 0.387 e. The fourth-order valence-electron chi connectivity index (χ4n) is 1.24. The first-order chi connectivity index (χ1) is 6.84. The van der Waals surface area contributed by atoms with Crippen LogP contribution in [0.5, 0.6) is 0 Å². The predicted octanol–water partition coefficient (Wildman–Crippen LogP) is 2.04. The van der Waals surface area contributed by atoms with Gasteiger partial charge in [0.05, 0.1) is 0 Å². The van der Waals surface area contributed by atoms with Crippen LogP contribution in [-0.2, 0) is 4.79 Å². The summed E-state index contributed by atoms with van der Waals surface area (Å²) in [5, 5.41) is 8.50. The summed E-state index contributed by atoms with van der Waals surface area (Å²) in [6.07, 6.45) is 3.40. The fraction of sp³-hybridized carbons (Fsp3) is 0.909. The van der Waals surface area contributed by atoms with Gasteiger partial charge in [-0.15, -0.1) is 0 Å². The van der Waals surface area contributed by atoms with Gasteiger partial charge in [-0.1, -0.05) is 27.7 Å². The fourth-order valence-corrected chi connectivity index (χ4v) is 1.24. The SMILES string of the molecule is CC.CC.O=C(CO)N1CCCCC1. The monoisotopic (exact) mass is 203 g/mol. The van der Waals surface area contributed by atoms with E-state index in [4.69, 9.17) is 5.11 Å². The van der Waals surface area contributed by atoms with Crippen molar-refractivity contribution in [3.8, 4) is 0 Å². The molecule has 1 rings (SSSR count). The van der Waals surface area contributed by atoms with Gasteiger partial charge in [-0.25, -0.2) is 0 Å². The Morgan fingerprint density at radius 3 is 1.86 bits per heavy atom. The Bertz CT molecular complexity index is 120. The predicted molar refractivity (Wildman–Crippen MR) is 60.2 cm³/mol. The minimum absolute atomic E-state index is 0.125. The lowest BCUT2D eigenvalue weighted by atomic mass is 10.1. The zero-order valence-electron chi connectivity index (χ0n) is 10.0. The van der Waals surface area contributed by atoms with Crippen LogP contribution in [0.4, 0.5) is 0 Å². The number of piperidine rings is 1. The lowest BCUT2D eigenvalue weighted by molar-refractivity contribution is -0.135. The summed E-state index contributed by atoms with van der Waals surface area (Å²) < 4.78 is 0. The molecule has 1 heterocycles. The van der Waals surface area contributed by atoms with Gasteiger partial charge in [0.1, 0.15) is 6.61 Å². The molecule has 0 atom stereocenters. The number of aliphatic hydroxyl groups excluding tert-OH is 1. The average Bonchev–Trinajstić information content (AvgIpc) is 2.34. The van der Waals surface area contributed by atoms with Crippen LogP contribution in [0.15, 0.2) is 0 Å². The highest BCUT2D eigenvalue weighted by Crippen LogP contribution is 2.07. The molecule has 0 spiro atoms. The zero-order chi connectivity index (χ0) is 11.4. The second-order valence-electron chi connectivity index (χ2n) is 2.60. The molecule has 0 saturated carbocycles. The van der Waals surface area contributed by atoms with Gasteiger partial charge < -0.3 is 10.0 Å². The molecule has 0 aromatic heterocycles. The zero-order valence-corrected chi connectivity index (χ0v) is 10.0. The van der Waals surface area contributed by atoms with Crippen LogP contribution in [0.1, 0.15) is 47.0 Å². The molecule has 86 valence electrons. The van der Waals surface area contributed by atoms with Gasteiger partial charge in [-0.2, -0.15) is 0 Å². The average molecular weight is 203 g/mol. The summed E-state index contributed by atoms with van der Waals surface area (Å²) in [7, 11) is 0. The third-order valence-corrected chi connectivity index (χ3v) is 1.84. The normalized spacial score (nSPS) is 14.5. The van der Waals surface area contributed by atoms with Gasteiger partial charge in [0.2, 0.25) is 5.91 Å². The van der Waals surface area contributed by atoms with E-state index in [9.17, 15) is 4.79 Å². The van der Waals surface area contributed by atoms with E-state index in [1.807, 2.05) is 27.7 Å². The molecule has 1 saturated heterocycles. The molecule has 1 amide bonds. The van der Waals surface area contributed by atoms with E-state index in [1.165, 1.54) is 6.42 Å². The number of carbonyl (C=O) groups is 1. The Hall–Kier alpha value is -0.570. The van der Waals surface area contributed by atoms with E-state index in [-0.39, 0.29) is 12.5 Å². The Morgan fingerprint density at radius 1 is 1.07 bits per heavy atom. The van der Waals surface area contributed by atoms with Crippen molar-refractivity contribution >= 4 is 5.91 Å². The Labute approximate surface area is 88.1 Å². The Balaban J connectivity index is 0. The maximum absolute atomic E-state index is 10.8. The minimum atomic E-state index is -0.333. The van der Waals surface area contributed by atoms with E-state index in [2.05, 4.69) is 0 Å². The molecule has 1 fully saturated rings. The number of likely N-dealkylation sites (tertiary alicyclic amines) is 1. The molecule has 0 aromatic rings. The van der Waals surface area contributed by atoms with Crippen molar-refractivity contribution in [2.24, 2.45) is 0 Å². The van der Waals surface area contributed by atoms with E-state index in [0.29, 0.717) is 0 Å². The second kappa shape index (κ2) is 12.4. The molecule has 0 radical (unpaired) electrons. The number of hydrogen-bond donors (Lipinski definition) is 1. The minimum Gasteiger partial charge on any atom is -0.387 e. The highest BCUT2D eigenvalue weighted by Gasteiger charge is 2.14. The molecular weight excluding hydrogens is 178 g/mol. The smallest absolute Gasteiger partial charge is 0.248 e. The van der Waals surface area contributed by atoms with Crippen LogP contribution in [0, 0.1) is 0 Å². The molecule has 3 nitrogen and oxygen atoms in total. The maximum Gasteiger partial charge on any atom is 0.248 e. The Kier molecular flexibility index (Phi) is 14.1. The second-order valence-corrected chi connectivity index (χ2v) is 2.60. The standard InChI is InChI=1S/C7H13NO2.2C2H6/c9-6-7(10)8-4-2-1-3-5-8;2*1-2/h9H,1-6H2;2*1-2H3. The van der Waals surface area contributed by atoms with Crippen molar-refractivity contribution < 1.29 is 9.90 Å². The van der Waals surface area contributed by atoms with Gasteiger partial charge in [-0.3, -0.25) is 4.79 Å². The van der Waals surface area contributed by atoms with Crippen molar-refractivity contribution in [2.45, 2.75) is 47.0 Å². The maximum atomic E-state index is 10.8. The van der Waals surface area contributed by atoms with Gasteiger partial charge in [0, 0.05) is 13.1 Å².